The Labute approximate surface area is 113 Å². The topological polar surface area (TPSA) is 75.9 Å². The first kappa shape index (κ1) is 11.9. The zero-order valence-corrected chi connectivity index (χ0v) is 11.1. The fourth-order valence-electron chi connectivity index (χ4n) is 1.93. The summed E-state index contributed by atoms with van der Waals surface area (Å²) in [5.41, 5.74) is 2.54. The standard InChI is InChI=1S/C12H10ClN5O/c1-6-7(2)18-11(8-4-3-5-9(19)15-8)16-17-12(18)10(13)14-6/h3-5H,1-2H3,(H,15,19). The van der Waals surface area contributed by atoms with Crippen molar-refractivity contribution in [3.8, 4) is 11.5 Å². The van der Waals surface area contributed by atoms with Crippen LogP contribution in [0.2, 0.25) is 5.15 Å². The Kier molecular flexibility index (Phi) is 2.60. The first-order valence-corrected chi connectivity index (χ1v) is 6.03. The van der Waals surface area contributed by atoms with Crippen LogP contribution in [0, 0.1) is 13.8 Å². The smallest absolute Gasteiger partial charge is 0.248 e. The Morgan fingerprint density at radius 2 is 2.05 bits per heavy atom. The molecule has 0 radical (unpaired) electrons. The molecule has 1 N–H and O–H groups in total. The number of pyridine rings is 1. The maximum absolute atomic E-state index is 11.4. The van der Waals surface area contributed by atoms with E-state index >= 15 is 0 Å². The third-order valence-corrected chi connectivity index (χ3v) is 3.24. The molecule has 96 valence electrons. The van der Waals surface area contributed by atoms with Crippen LogP contribution in [-0.4, -0.2) is 24.6 Å². The van der Waals surface area contributed by atoms with Crippen LogP contribution in [0.4, 0.5) is 0 Å². The first-order valence-electron chi connectivity index (χ1n) is 5.65. The van der Waals surface area contributed by atoms with Gasteiger partial charge in [0, 0.05) is 11.8 Å². The number of hydrogen-bond acceptors (Lipinski definition) is 4. The molecule has 0 saturated heterocycles. The molecule has 0 atom stereocenters. The molecular formula is C12H10ClN5O. The van der Waals surface area contributed by atoms with E-state index in [1.54, 1.807) is 16.5 Å². The van der Waals surface area contributed by atoms with E-state index < -0.39 is 0 Å². The van der Waals surface area contributed by atoms with Gasteiger partial charge in [-0.05, 0) is 19.9 Å². The fraction of sp³-hybridized carbons (Fsp3) is 0.167. The molecule has 7 heteroatoms. The third-order valence-electron chi connectivity index (χ3n) is 2.98. The van der Waals surface area contributed by atoms with E-state index in [1.807, 2.05) is 13.8 Å². The van der Waals surface area contributed by atoms with Gasteiger partial charge in [-0.1, -0.05) is 17.7 Å². The third kappa shape index (κ3) is 1.80. The van der Waals surface area contributed by atoms with Gasteiger partial charge in [0.05, 0.1) is 11.4 Å². The minimum absolute atomic E-state index is 0.191. The van der Waals surface area contributed by atoms with E-state index in [-0.39, 0.29) is 5.56 Å². The molecule has 0 unspecified atom stereocenters. The maximum atomic E-state index is 11.4. The van der Waals surface area contributed by atoms with Gasteiger partial charge in [0.2, 0.25) is 5.56 Å². The van der Waals surface area contributed by atoms with Crippen LogP contribution in [0.1, 0.15) is 11.4 Å². The summed E-state index contributed by atoms with van der Waals surface area (Å²) in [6, 6.07) is 4.88. The number of hydrogen-bond donors (Lipinski definition) is 1. The highest BCUT2D eigenvalue weighted by atomic mass is 35.5. The van der Waals surface area contributed by atoms with Crippen molar-refractivity contribution in [1.29, 1.82) is 0 Å². The van der Waals surface area contributed by atoms with E-state index in [9.17, 15) is 4.79 Å². The van der Waals surface area contributed by atoms with E-state index in [0.717, 1.165) is 11.4 Å². The largest absolute Gasteiger partial charge is 0.319 e. The van der Waals surface area contributed by atoms with Crippen LogP contribution >= 0.6 is 11.6 Å². The predicted octanol–water partition coefficient (Wildman–Crippen LogP) is 1.75. The molecule has 3 heterocycles. The quantitative estimate of drug-likeness (QED) is 0.734. The van der Waals surface area contributed by atoms with Gasteiger partial charge in [0.15, 0.2) is 16.6 Å². The van der Waals surface area contributed by atoms with Crippen molar-refractivity contribution >= 4 is 17.2 Å². The molecule has 0 fully saturated rings. The first-order chi connectivity index (χ1) is 9.08. The van der Waals surface area contributed by atoms with Gasteiger partial charge in [-0.25, -0.2) is 4.98 Å². The van der Waals surface area contributed by atoms with Crippen LogP contribution in [0.15, 0.2) is 23.0 Å². The molecule has 6 nitrogen and oxygen atoms in total. The molecule has 3 aromatic heterocycles. The number of nitrogens with one attached hydrogen (secondary N) is 1. The van der Waals surface area contributed by atoms with E-state index in [2.05, 4.69) is 20.2 Å². The summed E-state index contributed by atoms with van der Waals surface area (Å²) >= 11 is 6.06. The van der Waals surface area contributed by atoms with Crippen molar-refractivity contribution < 1.29 is 0 Å². The van der Waals surface area contributed by atoms with Crippen molar-refractivity contribution in [2.75, 3.05) is 0 Å². The maximum Gasteiger partial charge on any atom is 0.248 e. The average Bonchev–Trinajstić information content (AvgIpc) is 2.81. The lowest BCUT2D eigenvalue weighted by Gasteiger charge is -2.06. The van der Waals surface area contributed by atoms with Crippen molar-refractivity contribution in [2.24, 2.45) is 0 Å². The zero-order chi connectivity index (χ0) is 13.6. The number of aryl methyl sites for hydroxylation is 2. The normalized spacial score (nSPS) is 11.1. The van der Waals surface area contributed by atoms with Crippen LogP contribution in [0.25, 0.3) is 17.2 Å². The molecule has 3 rings (SSSR count). The predicted molar refractivity (Wildman–Crippen MR) is 71.3 cm³/mol. The SMILES string of the molecule is Cc1nc(Cl)c2nnc(-c3cccc(=O)[nH]3)n2c1C. The second-order valence-electron chi connectivity index (χ2n) is 4.18. The lowest BCUT2D eigenvalue weighted by Crippen LogP contribution is -2.06. The number of H-pyrrole nitrogens is 1. The molecule has 0 aliphatic carbocycles. The highest BCUT2D eigenvalue weighted by Crippen LogP contribution is 2.22. The van der Waals surface area contributed by atoms with Gasteiger partial charge in [-0.3, -0.25) is 9.20 Å². The monoisotopic (exact) mass is 275 g/mol. The fourth-order valence-corrected chi connectivity index (χ4v) is 2.18. The molecule has 0 bridgehead atoms. The highest BCUT2D eigenvalue weighted by Gasteiger charge is 2.15. The van der Waals surface area contributed by atoms with Crippen molar-refractivity contribution in [2.45, 2.75) is 13.8 Å². The summed E-state index contributed by atoms with van der Waals surface area (Å²) in [4.78, 5) is 18.3. The minimum atomic E-state index is -0.191. The summed E-state index contributed by atoms with van der Waals surface area (Å²) in [6.45, 7) is 3.76. The molecule has 0 saturated carbocycles. The van der Waals surface area contributed by atoms with Gasteiger partial charge in [-0.15, -0.1) is 10.2 Å². The van der Waals surface area contributed by atoms with Gasteiger partial charge in [-0.2, -0.15) is 0 Å². The molecule has 19 heavy (non-hydrogen) atoms. The molecule has 3 aromatic rings. The molecular weight excluding hydrogens is 266 g/mol. The van der Waals surface area contributed by atoms with Crippen LogP contribution in [-0.2, 0) is 0 Å². The Morgan fingerprint density at radius 3 is 2.79 bits per heavy atom. The number of nitrogens with zero attached hydrogens (tertiary/aromatic N) is 4. The number of aromatic amines is 1. The molecule has 0 aliphatic rings. The Bertz CT molecular complexity index is 836. The van der Waals surface area contributed by atoms with Crippen molar-refractivity contribution in [3.63, 3.8) is 0 Å². The summed E-state index contributed by atoms with van der Waals surface area (Å²) in [6.07, 6.45) is 0. The summed E-state index contributed by atoms with van der Waals surface area (Å²) in [5, 5.41) is 8.40. The average molecular weight is 276 g/mol. The van der Waals surface area contributed by atoms with Gasteiger partial charge < -0.3 is 4.98 Å². The summed E-state index contributed by atoms with van der Waals surface area (Å²) < 4.78 is 1.79. The summed E-state index contributed by atoms with van der Waals surface area (Å²) in [5.74, 6) is 0.539. The number of aromatic nitrogens is 5. The Morgan fingerprint density at radius 1 is 1.26 bits per heavy atom. The van der Waals surface area contributed by atoms with Crippen molar-refractivity contribution in [1.82, 2.24) is 24.6 Å². The lowest BCUT2D eigenvalue weighted by atomic mass is 10.3. The van der Waals surface area contributed by atoms with E-state index in [0.29, 0.717) is 22.3 Å². The summed E-state index contributed by atoms with van der Waals surface area (Å²) in [7, 11) is 0. The molecule has 0 spiro atoms. The molecule has 0 aromatic carbocycles. The number of fused-ring (bicyclic) bond motifs is 1. The molecule has 0 amide bonds. The van der Waals surface area contributed by atoms with Gasteiger partial charge in [0.25, 0.3) is 0 Å². The second kappa shape index (κ2) is 4.17. The van der Waals surface area contributed by atoms with E-state index in [4.69, 9.17) is 11.6 Å². The Hall–Kier alpha value is -2.21. The highest BCUT2D eigenvalue weighted by molar-refractivity contribution is 6.32. The minimum Gasteiger partial charge on any atom is -0.319 e. The van der Waals surface area contributed by atoms with Crippen LogP contribution < -0.4 is 5.56 Å². The van der Waals surface area contributed by atoms with Crippen LogP contribution in [0.3, 0.4) is 0 Å². The van der Waals surface area contributed by atoms with Gasteiger partial charge in [0.1, 0.15) is 0 Å². The number of halogens is 1. The molecule has 0 aliphatic heterocycles. The van der Waals surface area contributed by atoms with Crippen LogP contribution in [0.5, 0.6) is 0 Å². The zero-order valence-electron chi connectivity index (χ0n) is 10.3. The second-order valence-corrected chi connectivity index (χ2v) is 4.54. The Balaban J connectivity index is 2.40. The van der Waals surface area contributed by atoms with E-state index in [1.165, 1.54) is 6.07 Å². The number of rotatable bonds is 1. The van der Waals surface area contributed by atoms with Crippen molar-refractivity contribution in [3.05, 3.63) is 45.1 Å². The van der Waals surface area contributed by atoms with Gasteiger partial charge >= 0.3 is 0 Å². The lowest BCUT2D eigenvalue weighted by molar-refractivity contribution is 0.992.